The molecular weight excluding hydrogens is 485 g/mol. The van der Waals surface area contributed by atoms with Crippen LogP contribution in [-0.4, -0.2) is 13.0 Å². The van der Waals surface area contributed by atoms with E-state index in [4.69, 9.17) is 13.9 Å². The summed E-state index contributed by atoms with van der Waals surface area (Å²) in [4.78, 5) is 28.9. The SMILES string of the molecule is COc1cc(C2c3c(oc4ccc(F)cc4c3=O)C(=O)N2c2ccccc2)ccc1OCc1ccccc1. The number of methoxy groups -OCH3 is 1. The van der Waals surface area contributed by atoms with Crippen molar-refractivity contribution in [2.45, 2.75) is 12.6 Å². The molecule has 1 amide bonds. The van der Waals surface area contributed by atoms with Crippen LogP contribution in [0.4, 0.5) is 10.1 Å². The molecule has 188 valence electrons. The molecule has 1 atom stereocenters. The largest absolute Gasteiger partial charge is 0.493 e. The minimum Gasteiger partial charge on any atom is -0.493 e. The predicted molar refractivity (Wildman–Crippen MR) is 141 cm³/mol. The van der Waals surface area contributed by atoms with Gasteiger partial charge in [0, 0.05) is 5.69 Å². The number of amides is 1. The number of benzene rings is 4. The highest BCUT2D eigenvalue weighted by molar-refractivity contribution is 6.10. The molecule has 0 aliphatic carbocycles. The molecule has 6 nitrogen and oxygen atoms in total. The highest BCUT2D eigenvalue weighted by atomic mass is 19.1. The van der Waals surface area contributed by atoms with Crippen LogP contribution < -0.4 is 19.8 Å². The minimum atomic E-state index is -0.819. The van der Waals surface area contributed by atoms with Gasteiger partial charge in [0.15, 0.2) is 16.9 Å². The summed E-state index contributed by atoms with van der Waals surface area (Å²) in [6, 6.07) is 26.9. The second-order valence-electron chi connectivity index (χ2n) is 8.91. The summed E-state index contributed by atoms with van der Waals surface area (Å²) in [5, 5.41) is 0.0752. The van der Waals surface area contributed by atoms with E-state index < -0.39 is 23.2 Å². The van der Waals surface area contributed by atoms with Gasteiger partial charge in [0.1, 0.15) is 18.0 Å². The number of carbonyl (C=O) groups is 1. The number of hydrogen-bond donors (Lipinski definition) is 0. The number of halogens is 1. The van der Waals surface area contributed by atoms with Crippen LogP contribution in [0.5, 0.6) is 11.5 Å². The van der Waals surface area contributed by atoms with E-state index in [1.54, 1.807) is 30.3 Å². The number of hydrogen-bond acceptors (Lipinski definition) is 5. The number of carbonyl (C=O) groups excluding carboxylic acids is 1. The van der Waals surface area contributed by atoms with Crippen molar-refractivity contribution in [2.75, 3.05) is 12.0 Å². The standard InChI is InChI=1S/C31H22FNO5/c1-36-26-16-20(12-14-25(26)37-18-19-8-4-2-5-9-19)28-27-29(34)23-17-21(32)13-15-24(23)38-30(27)31(35)33(28)22-10-6-3-7-11-22/h2-17,28H,18H2,1H3. The highest BCUT2D eigenvalue weighted by Gasteiger charge is 2.44. The van der Waals surface area contributed by atoms with Crippen molar-refractivity contribution in [1.29, 1.82) is 0 Å². The van der Waals surface area contributed by atoms with Crippen LogP contribution in [0.15, 0.2) is 106 Å². The number of anilines is 1. The predicted octanol–water partition coefficient (Wildman–Crippen LogP) is 6.27. The fraction of sp³-hybridized carbons (Fsp3) is 0.0968. The Bertz CT molecular complexity index is 1720. The Morgan fingerprint density at radius 3 is 2.34 bits per heavy atom. The second-order valence-corrected chi connectivity index (χ2v) is 8.91. The Labute approximate surface area is 217 Å². The maximum atomic E-state index is 14.1. The normalized spacial score (nSPS) is 14.5. The number of ether oxygens (including phenoxy) is 2. The van der Waals surface area contributed by atoms with Gasteiger partial charge in [-0.15, -0.1) is 0 Å². The first-order valence-electron chi connectivity index (χ1n) is 12.0. The average Bonchev–Trinajstić information content (AvgIpc) is 3.25. The number of para-hydroxylation sites is 1. The molecule has 4 aromatic carbocycles. The van der Waals surface area contributed by atoms with Crippen molar-refractivity contribution >= 4 is 22.6 Å². The molecular formula is C31H22FNO5. The zero-order valence-electron chi connectivity index (χ0n) is 20.4. The molecule has 7 heteroatoms. The van der Waals surface area contributed by atoms with Crippen LogP contribution in [0.2, 0.25) is 0 Å². The number of fused-ring (bicyclic) bond motifs is 2. The molecule has 38 heavy (non-hydrogen) atoms. The van der Waals surface area contributed by atoms with Crippen LogP contribution in [0.25, 0.3) is 11.0 Å². The van der Waals surface area contributed by atoms with Gasteiger partial charge in [-0.2, -0.15) is 0 Å². The molecule has 1 aliphatic rings. The lowest BCUT2D eigenvalue weighted by atomic mass is 9.97. The van der Waals surface area contributed by atoms with Crippen molar-refractivity contribution in [1.82, 2.24) is 0 Å². The summed E-state index contributed by atoms with van der Waals surface area (Å²) in [7, 11) is 1.53. The summed E-state index contributed by atoms with van der Waals surface area (Å²) in [6.07, 6.45) is 0. The van der Waals surface area contributed by atoms with E-state index in [2.05, 4.69) is 0 Å². The summed E-state index contributed by atoms with van der Waals surface area (Å²) < 4.78 is 31.6. The van der Waals surface area contributed by atoms with Crippen molar-refractivity contribution in [3.05, 3.63) is 136 Å². The van der Waals surface area contributed by atoms with Crippen molar-refractivity contribution < 1.29 is 23.1 Å². The Morgan fingerprint density at radius 2 is 1.61 bits per heavy atom. The highest BCUT2D eigenvalue weighted by Crippen LogP contribution is 2.43. The van der Waals surface area contributed by atoms with E-state index in [9.17, 15) is 14.0 Å². The molecule has 1 aromatic heterocycles. The summed E-state index contributed by atoms with van der Waals surface area (Å²) in [5.41, 5.74) is 2.05. The molecule has 1 unspecified atom stereocenters. The van der Waals surface area contributed by atoms with Gasteiger partial charge >= 0.3 is 0 Å². The van der Waals surface area contributed by atoms with Gasteiger partial charge in [-0.25, -0.2) is 4.39 Å². The van der Waals surface area contributed by atoms with Crippen LogP contribution >= 0.6 is 0 Å². The summed E-state index contributed by atoms with van der Waals surface area (Å²) >= 11 is 0. The quantitative estimate of drug-likeness (QED) is 0.271. The van der Waals surface area contributed by atoms with Crippen molar-refractivity contribution in [3.63, 3.8) is 0 Å². The lowest BCUT2D eigenvalue weighted by Crippen LogP contribution is -2.29. The van der Waals surface area contributed by atoms with Crippen molar-refractivity contribution in [3.8, 4) is 11.5 Å². The Hall–Kier alpha value is -4.91. The van der Waals surface area contributed by atoms with Crippen molar-refractivity contribution in [2.24, 2.45) is 0 Å². The first-order valence-corrected chi connectivity index (χ1v) is 12.0. The smallest absolute Gasteiger partial charge is 0.295 e. The van der Waals surface area contributed by atoms with Gasteiger partial charge in [0.25, 0.3) is 5.91 Å². The van der Waals surface area contributed by atoms with Gasteiger partial charge in [-0.1, -0.05) is 54.6 Å². The van der Waals surface area contributed by atoms with Gasteiger partial charge in [0.05, 0.1) is 24.1 Å². The third-order valence-electron chi connectivity index (χ3n) is 6.61. The van der Waals surface area contributed by atoms with E-state index in [0.29, 0.717) is 29.4 Å². The zero-order valence-corrected chi connectivity index (χ0v) is 20.4. The molecule has 0 saturated carbocycles. The van der Waals surface area contributed by atoms with E-state index >= 15 is 0 Å². The minimum absolute atomic E-state index is 0.0636. The first-order chi connectivity index (χ1) is 18.5. The molecule has 0 spiro atoms. The molecule has 0 N–H and O–H groups in total. The third-order valence-corrected chi connectivity index (χ3v) is 6.61. The maximum absolute atomic E-state index is 14.1. The molecule has 5 aromatic rings. The lowest BCUT2D eigenvalue weighted by molar-refractivity contribution is 0.0971. The molecule has 0 radical (unpaired) electrons. The van der Waals surface area contributed by atoms with Crippen LogP contribution in [0, 0.1) is 5.82 Å². The second kappa shape index (κ2) is 9.52. The van der Waals surface area contributed by atoms with E-state index in [0.717, 1.165) is 11.6 Å². The Morgan fingerprint density at radius 1 is 0.868 bits per heavy atom. The zero-order chi connectivity index (χ0) is 26.2. The fourth-order valence-corrected chi connectivity index (χ4v) is 4.82. The maximum Gasteiger partial charge on any atom is 0.295 e. The van der Waals surface area contributed by atoms with Gasteiger partial charge in [-0.3, -0.25) is 14.5 Å². The van der Waals surface area contributed by atoms with Gasteiger partial charge in [0.2, 0.25) is 5.76 Å². The summed E-state index contributed by atoms with van der Waals surface area (Å²) in [5.74, 6) is -0.117. The monoisotopic (exact) mass is 507 g/mol. The lowest BCUT2D eigenvalue weighted by Gasteiger charge is -2.26. The van der Waals surface area contributed by atoms with E-state index in [-0.39, 0.29) is 22.3 Å². The Balaban J connectivity index is 1.49. The molecule has 6 rings (SSSR count). The van der Waals surface area contributed by atoms with Gasteiger partial charge in [-0.05, 0) is 53.6 Å². The summed E-state index contributed by atoms with van der Waals surface area (Å²) in [6.45, 7) is 0.346. The van der Waals surface area contributed by atoms with Gasteiger partial charge < -0.3 is 13.9 Å². The molecule has 0 fully saturated rings. The molecule has 1 aliphatic heterocycles. The first kappa shape index (κ1) is 23.5. The van der Waals surface area contributed by atoms with E-state index in [1.807, 2.05) is 48.5 Å². The number of nitrogens with zero attached hydrogens (tertiary/aromatic N) is 1. The third kappa shape index (κ3) is 3.98. The molecule has 0 saturated heterocycles. The Kier molecular flexibility index (Phi) is 5.88. The van der Waals surface area contributed by atoms with Crippen LogP contribution in [0.3, 0.4) is 0 Å². The molecule has 2 heterocycles. The average molecular weight is 508 g/mol. The molecule has 0 bridgehead atoms. The van der Waals surface area contributed by atoms with E-state index in [1.165, 1.54) is 24.1 Å². The fourth-order valence-electron chi connectivity index (χ4n) is 4.82. The topological polar surface area (TPSA) is 69.0 Å². The number of rotatable bonds is 6. The van der Waals surface area contributed by atoms with Crippen LogP contribution in [0.1, 0.15) is 33.3 Å². The van der Waals surface area contributed by atoms with Crippen LogP contribution in [-0.2, 0) is 6.61 Å².